The van der Waals surface area contributed by atoms with Crippen molar-refractivity contribution in [3.63, 3.8) is 0 Å². The Kier molecular flexibility index (Phi) is 6.29. The SMILES string of the molecule is COc1ccc(CNc2oc(-c3ccc(Br)cc3)nc2S(=O)(=O)c2ccc(F)cc2)cc1. The van der Waals surface area contributed by atoms with Crippen LogP contribution in [0.1, 0.15) is 5.56 Å². The molecule has 0 unspecified atom stereocenters. The molecule has 1 N–H and O–H groups in total. The molecule has 1 aromatic heterocycles. The lowest BCUT2D eigenvalue weighted by molar-refractivity contribution is 0.414. The van der Waals surface area contributed by atoms with Gasteiger partial charge < -0.3 is 14.5 Å². The van der Waals surface area contributed by atoms with Crippen LogP contribution in [0.5, 0.6) is 5.75 Å². The highest BCUT2D eigenvalue weighted by Crippen LogP contribution is 2.33. The fourth-order valence-electron chi connectivity index (χ4n) is 2.97. The van der Waals surface area contributed by atoms with Crippen molar-refractivity contribution in [3.05, 3.63) is 88.6 Å². The number of sulfone groups is 1. The number of halogens is 2. The number of aromatic nitrogens is 1. The summed E-state index contributed by atoms with van der Waals surface area (Å²) in [5, 5.41) is 2.76. The number of hydrogen-bond donors (Lipinski definition) is 1. The summed E-state index contributed by atoms with van der Waals surface area (Å²) in [7, 11) is -2.48. The largest absolute Gasteiger partial charge is 0.497 e. The standard InChI is InChI=1S/C23H18BrFN2O4S/c1-30-19-10-2-15(3-11-19)14-26-22-23(32(28,29)20-12-8-18(25)9-13-20)27-21(31-22)16-4-6-17(24)7-5-16/h2-13,26H,14H2,1H3. The number of benzene rings is 3. The monoisotopic (exact) mass is 516 g/mol. The lowest BCUT2D eigenvalue weighted by Gasteiger charge is -2.07. The fraction of sp³-hybridized carbons (Fsp3) is 0.0870. The average molecular weight is 517 g/mol. The van der Waals surface area contributed by atoms with Crippen molar-refractivity contribution in [2.24, 2.45) is 0 Å². The molecule has 32 heavy (non-hydrogen) atoms. The van der Waals surface area contributed by atoms with Gasteiger partial charge in [0.1, 0.15) is 11.6 Å². The Morgan fingerprint density at radius 2 is 1.66 bits per heavy atom. The van der Waals surface area contributed by atoms with Gasteiger partial charge in [0.2, 0.25) is 26.6 Å². The second kappa shape index (κ2) is 9.13. The molecule has 0 bridgehead atoms. The van der Waals surface area contributed by atoms with Crippen molar-refractivity contribution < 1.29 is 22.0 Å². The number of methoxy groups -OCH3 is 1. The molecule has 0 atom stereocenters. The Hall–Kier alpha value is -3.17. The van der Waals surface area contributed by atoms with Crippen LogP contribution in [0.2, 0.25) is 0 Å². The summed E-state index contributed by atoms with van der Waals surface area (Å²) in [6.45, 7) is 0.297. The third kappa shape index (κ3) is 4.68. The molecule has 1 heterocycles. The molecule has 4 aromatic rings. The van der Waals surface area contributed by atoms with Gasteiger partial charge in [-0.15, -0.1) is 0 Å². The first kappa shape index (κ1) is 22.0. The predicted octanol–water partition coefficient (Wildman–Crippen LogP) is 5.70. The van der Waals surface area contributed by atoms with Gasteiger partial charge in [-0.1, -0.05) is 28.1 Å². The minimum atomic E-state index is -4.06. The van der Waals surface area contributed by atoms with E-state index in [1.807, 2.05) is 12.1 Å². The minimum Gasteiger partial charge on any atom is -0.497 e. The van der Waals surface area contributed by atoms with E-state index in [1.165, 1.54) is 12.1 Å². The molecule has 0 radical (unpaired) electrons. The van der Waals surface area contributed by atoms with Gasteiger partial charge in [0.05, 0.1) is 12.0 Å². The topological polar surface area (TPSA) is 81.4 Å². The van der Waals surface area contributed by atoms with Crippen molar-refractivity contribution in [3.8, 4) is 17.2 Å². The third-order valence-corrected chi connectivity index (χ3v) is 6.89. The molecule has 0 spiro atoms. The first-order valence-corrected chi connectivity index (χ1v) is 11.8. The molecule has 0 saturated heterocycles. The molecular formula is C23H18BrFN2O4S. The maximum Gasteiger partial charge on any atom is 0.234 e. The van der Waals surface area contributed by atoms with E-state index < -0.39 is 15.7 Å². The van der Waals surface area contributed by atoms with E-state index in [4.69, 9.17) is 9.15 Å². The summed E-state index contributed by atoms with van der Waals surface area (Å²) in [4.78, 5) is 4.19. The van der Waals surface area contributed by atoms with E-state index in [2.05, 4.69) is 26.2 Å². The van der Waals surface area contributed by atoms with Crippen LogP contribution < -0.4 is 10.1 Å². The van der Waals surface area contributed by atoms with Crippen LogP contribution in [0.4, 0.5) is 10.3 Å². The summed E-state index contributed by atoms with van der Waals surface area (Å²) in [5.74, 6) is 0.335. The summed E-state index contributed by atoms with van der Waals surface area (Å²) < 4.78 is 51.7. The lowest BCUT2D eigenvalue weighted by Crippen LogP contribution is -2.07. The van der Waals surface area contributed by atoms with Crippen molar-refractivity contribution in [1.82, 2.24) is 4.98 Å². The van der Waals surface area contributed by atoms with Crippen LogP contribution in [-0.4, -0.2) is 20.5 Å². The average Bonchev–Trinajstić information content (AvgIpc) is 3.24. The van der Waals surface area contributed by atoms with E-state index in [-0.39, 0.29) is 21.7 Å². The smallest absolute Gasteiger partial charge is 0.234 e. The summed E-state index contributed by atoms with van der Waals surface area (Å²) in [5.41, 5.74) is 1.50. The first-order valence-electron chi connectivity index (χ1n) is 9.51. The van der Waals surface area contributed by atoms with Crippen LogP contribution in [0.15, 0.2) is 91.6 Å². The van der Waals surface area contributed by atoms with Crippen LogP contribution in [0.25, 0.3) is 11.5 Å². The highest BCUT2D eigenvalue weighted by Gasteiger charge is 2.28. The van der Waals surface area contributed by atoms with Gasteiger partial charge in [-0.05, 0) is 66.2 Å². The lowest BCUT2D eigenvalue weighted by atomic mass is 10.2. The maximum absolute atomic E-state index is 13.3. The van der Waals surface area contributed by atoms with Gasteiger partial charge in [-0.25, -0.2) is 12.8 Å². The predicted molar refractivity (Wildman–Crippen MR) is 122 cm³/mol. The van der Waals surface area contributed by atoms with Crippen LogP contribution in [0, 0.1) is 5.82 Å². The van der Waals surface area contributed by atoms with Gasteiger partial charge in [-0.2, -0.15) is 4.98 Å². The Labute approximate surface area is 193 Å². The summed E-state index contributed by atoms with van der Waals surface area (Å²) in [6, 6.07) is 19.0. The highest BCUT2D eigenvalue weighted by atomic mass is 79.9. The Morgan fingerprint density at radius 1 is 1.00 bits per heavy atom. The molecular weight excluding hydrogens is 499 g/mol. The summed E-state index contributed by atoms with van der Waals surface area (Å²) >= 11 is 3.37. The quantitative estimate of drug-likeness (QED) is 0.317. The second-order valence-corrected chi connectivity index (χ2v) is 9.60. The molecule has 6 nitrogen and oxygen atoms in total. The number of anilines is 1. The molecule has 9 heteroatoms. The Balaban J connectivity index is 1.72. The number of hydrogen-bond acceptors (Lipinski definition) is 6. The van der Waals surface area contributed by atoms with Crippen LogP contribution >= 0.6 is 15.9 Å². The number of ether oxygens (including phenoxy) is 1. The van der Waals surface area contributed by atoms with Gasteiger partial charge >= 0.3 is 0 Å². The molecule has 0 aliphatic rings. The maximum atomic E-state index is 13.3. The van der Waals surface area contributed by atoms with E-state index in [9.17, 15) is 12.8 Å². The van der Waals surface area contributed by atoms with E-state index in [1.54, 1.807) is 43.5 Å². The molecule has 0 aliphatic heterocycles. The fourth-order valence-corrected chi connectivity index (χ4v) is 4.51. The summed E-state index contributed by atoms with van der Waals surface area (Å²) in [6.07, 6.45) is 0. The van der Waals surface area contributed by atoms with Gasteiger partial charge in [-0.3, -0.25) is 0 Å². The van der Waals surface area contributed by atoms with Crippen molar-refractivity contribution in [2.75, 3.05) is 12.4 Å². The molecule has 3 aromatic carbocycles. The normalized spacial score (nSPS) is 11.3. The van der Waals surface area contributed by atoms with Crippen molar-refractivity contribution >= 4 is 31.7 Å². The highest BCUT2D eigenvalue weighted by molar-refractivity contribution is 9.10. The number of rotatable bonds is 7. The van der Waals surface area contributed by atoms with Gasteiger partial charge in [0.15, 0.2) is 0 Å². The first-order chi connectivity index (χ1) is 15.4. The number of nitrogens with zero attached hydrogens (tertiary/aromatic N) is 1. The van der Waals surface area contributed by atoms with Crippen LogP contribution in [-0.2, 0) is 16.4 Å². The van der Waals surface area contributed by atoms with E-state index in [0.29, 0.717) is 17.9 Å². The zero-order valence-electron chi connectivity index (χ0n) is 16.9. The molecule has 0 aliphatic carbocycles. The zero-order chi connectivity index (χ0) is 22.7. The number of oxazole rings is 1. The van der Waals surface area contributed by atoms with Crippen molar-refractivity contribution in [2.45, 2.75) is 16.5 Å². The van der Waals surface area contributed by atoms with E-state index in [0.717, 1.165) is 22.2 Å². The number of nitrogens with one attached hydrogen (secondary N) is 1. The molecule has 0 fully saturated rings. The Morgan fingerprint density at radius 3 is 2.28 bits per heavy atom. The van der Waals surface area contributed by atoms with Crippen molar-refractivity contribution in [1.29, 1.82) is 0 Å². The molecule has 164 valence electrons. The second-order valence-electron chi connectivity index (χ2n) is 6.82. The van der Waals surface area contributed by atoms with Gasteiger partial charge in [0, 0.05) is 16.6 Å². The Bertz CT molecular complexity index is 1320. The van der Waals surface area contributed by atoms with Gasteiger partial charge in [0.25, 0.3) is 0 Å². The molecule has 0 amide bonds. The van der Waals surface area contributed by atoms with Crippen LogP contribution in [0.3, 0.4) is 0 Å². The molecule has 0 saturated carbocycles. The minimum absolute atomic E-state index is 0.00284. The van der Waals surface area contributed by atoms with E-state index >= 15 is 0 Å². The molecule has 4 rings (SSSR count). The zero-order valence-corrected chi connectivity index (χ0v) is 19.3. The third-order valence-electron chi connectivity index (χ3n) is 4.68.